The molecule has 2 aromatic heterocycles. The minimum Gasteiger partial charge on any atom is -0.493 e. The topological polar surface area (TPSA) is 78.5 Å². The fraction of sp³-hybridized carbons (Fsp3) is 0.188. The quantitative estimate of drug-likeness (QED) is 0.797. The molecule has 0 fully saturated rings. The van der Waals surface area contributed by atoms with Crippen molar-refractivity contribution in [3.8, 4) is 11.8 Å². The Kier molecular flexibility index (Phi) is 3.73. The second-order valence-corrected chi connectivity index (χ2v) is 5.11. The van der Waals surface area contributed by atoms with E-state index in [0.717, 1.165) is 5.82 Å². The Morgan fingerprint density at radius 1 is 1.22 bits per heavy atom. The van der Waals surface area contributed by atoms with E-state index in [0.29, 0.717) is 28.6 Å². The zero-order chi connectivity index (χ0) is 16.4. The van der Waals surface area contributed by atoms with E-state index in [4.69, 9.17) is 4.74 Å². The van der Waals surface area contributed by atoms with Crippen LogP contribution >= 0.6 is 0 Å². The third kappa shape index (κ3) is 2.62. The molecule has 1 aromatic carbocycles. The molecule has 0 spiro atoms. The summed E-state index contributed by atoms with van der Waals surface area (Å²) >= 11 is 0. The predicted octanol–water partition coefficient (Wildman–Crippen LogP) is 2.42. The third-order valence-corrected chi connectivity index (χ3v) is 3.40. The molecule has 0 radical (unpaired) electrons. The fourth-order valence-corrected chi connectivity index (χ4v) is 2.29. The van der Waals surface area contributed by atoms with Crippen LogP contribution in [0.5, 0.6) is 5.75 Å². The van der Waals surface area contributed by atoms with E-state index in [1.54, 1.807) is 17.7 Å². The Morgan fingerprint density at radius 2 is 2.00 bits per heavy atom. The van der Waals surface area contributed by atoms with Gasteiger partial charge in [-0.2, -0.15) is 14.8 Å². The maximum absolute atomic E-state index is 9.17. The molecule has 3 rings (SSSR count). The van der Waals surface area contributed by atoms with Crippen LogP contribution in [0.15, 0.2) is 36.4 Å². The van der Waals surface area contributed by atoms with Gasteiger partial charge in [0.2, 0.25) is 11.6 Å². The van der Waals surface area contributed by atoms with Crippen LogP contribution in [0, 0.1) is 11.3 Å². The molecule has 1 N–H and O–H groups in total. The van der Waals surface area contributed by atoms with E-state index < -0.39 is 0 Å². The highest BCUT2D eigenvalue weighted by atomic mass is 16.5. The van der Waals surface area contributed by atoms with Crippen molar-refractivity contribution in [1.82, 2.24) is 14.6 Å². The fourth-order valence-electron chi connectivity index (χ4n) is 2.29. The van der Waals surface area contributed by atoms with Crippen LogP contribution in [-0.4, -0.2) is 35.8 Å². The number of fused-ring (bicyclic) bond motifs is 1. The number of benzene rings is 1. The number of nitrogens with zero attached hydrogens (tertiary/aromatic N) is 5. The summed E-state index contributed by atoms with van der Waals surface area (Å²) < 4.78 is 7.05. The molecule has 116 valence electrons. The first-order valence-electron chi connectivity index (χ1n) is 7.01. The highest BCUT2D eigenvalue weighted by Crippen LogP contribution is 2.26. The summed E-state index contributed by atoms with van der Waals surface area (Å²) in [6.45, 7) is 0. The number of anilines is 3. The molecule has 7 heteroatoms. The molecule has 0 atom stereocenters. The van der Waals surface area contributed by atoms with Gasteiger partial charge in [0.15, 0.2) is 5.75 Å². The maximum Gasteiger partial charge on any atom is 0.247 e. The Morgan fingerprint density at radius 3 is 2.70 bits per heavy atom. The second-order valence-electron chi connectivity index (χ2n) is 5.11. The molecule has 23 heavy (non-hydrogen) atoms. The summed E-state index contributed by atoms with van der Waals surface area (Å²) in [5, 5.41) is 16.7. The first kappa shape index (κ1) is 14.7. The number of methoxy groups -OCH3 is 1. The van der Waals surface area contributed by atoms with E-state index in [-0.39, 0.29) is 0 Å². The number of nitrogens with one attached hydrogen (secondary N) is 1. The first-order chi connectivity index (χ1) is 11.1. The van der Waals surface area contributed by atoms with Crippen molar-refractivity contribution >= 4 is 23.1 Å². The van der Waals surface area contributed by atoms with E-state index in [9.17, 15) is 5.26 Å². The average molecular weight is 308 g/mol. The summed E-state index contributed by atoms with van der Waals surface area (Å²) in [6.07, 6.45) is 0. The molecule has 0 amide bonds. The minimum atomic E-state index is 0.403. The van der Waals surface area contributed by atoms with Gasteiger partial charge in [-0.3, -0.25) is 0 Å². The number of rotatable bonds is 4. The van der Waals surface area contributed by atoms with Crippen LogP contribution in [0.3, 0.4) is 0 Å². The molecule has 2 heterocycles. The van der Waals surface area contributed by atoms with E-state index >= 15 is 0 Å². The standard InChI is InChI=1S/C16H16N6O/c1-21(2)14-9-8-13(23-3)15-19-16(20-22(14)15)18-12-7-5-4-6-11(12)10-17/h4-9H,1-3H3,(H,18,20). The summed E-state index contributed by atoms with van der Waals surface area (Å²) in [5.41, 5.74) is 1.80. The normalized spacial score (nSPS) is 10.3. The predicted molar refractivity (Wildman–Crippen MR) is 88.3 cm³/mol. The van der Waals surface area contributed by atoms with Gasteiger partial charge in [-0.05, 0) is 24.3 Å². The molecule has 3 aromatic rings. The van der Waals surface area contributed by atoms with Gasteiger partial charge in [0.25, 0.3) is 0 Å². The van der Waals surface area contributed by atoms with Crippen LogP contribution in [0.4, 0.5) is 17.5 Å². The van der Waals surface area contributed by atoms with Crippen molar-refractivity contribution in [3.63, 3.8) is 0 Å². The zero-order valence-corrected chi connectivity index (χ0v) is 13.1. The first-order valence-corrected chi connectivity index (χ1v) is 7.01. The molecule has 0 aliphatic heterocycles. The van der Waals surface area contributed by atoms with Crippen molar-refractivity contribution in [1.29, 1.82) is 5.26 Å². The van der Waals surface area contributed by atoms with Crippen LogP contribution < -0.4 is 15.0 Å². The third-order valence-electron chi connectivity index (χ3n) is 3.40. The van der Waals surface area contributed by atoms with Crippen molar-refractivity contribution in [2.24, 2.45) is 0 Å². The van der Waals surface area contributed by atoms with Crippen molar-refractivity contribution in [2.45, 2.75) is 0 Å². The number of hydrogen-bond donors (Lipinski definition) is 1. The zero-order valence-electron chi connectivity index (χ0n) is 13.1. The van der Waals surface area contributed by atoms with Gasteiger partial charge in [-0.1, -0.05) is 12.1 Å². The highest BCUT2D eigenvalue weighted by Gasteiger charge is 2.14. The van der Waals surface area contributed by atoms with Crippen LogP contribution in [0.1, 0.15) is 5.56 Å². The molecular formula is C16H16N6O. The van der Waals surface area contributed by atoms with Gasteiger partial charge < -0.3 is 15.0 Å². The molecule has 0 saturated heterocycles. The molecule has 0 aliphatic rings. The monoisotopic (exact) mass is 308 g/mol. The Hall–Kier alpha value is -3.27. The smallest absolute Gasteiger partial charge is 0.247 e. The van der Waals surface area contributed by atoms with Crippen LogP contribution in [0.2, 0.25) is 0 Å². The molecular weight excluding hydrogens is 292 g/mol. The largest absolute Gasteiger partial charge is 0.493 e. The Bertz CT molecular complexity index is 893. The molecule has 7 nitrogen and oxygen atoms in total. The van der Waals surface area contributed by atoms with Crippen molar-refractivity contribution in [3.05, 3.63) is 42.0 Å². The number of nitriles is 1. The highest BCUT2D eigenvalue weighted by molar-refractivity contribution is 5.66. The SMILES string of the molecule is COc1ccc(N(C)C)n2nc(Nc3ccccc3C#N)nc12. The average Bonchev–Trinajstić information content (AvgIpc) is 2.97. The summed E-state index contributed by atoms with van der Waals surface area (Å²) in [7, 11) is 5.46. The van der Waals surface area contributed by atoms with Gasteiger partial charge in [0.1, 0.15) is 11.9 Å². The molecule has 0 bridgehead atoms. The lowest BCUT2D eigenvalue weighted by atomic mass is 10.2. The minimum absolute atomic E-state index is 0.403. The lowest BCUT2D eigenvalue weighted by molar-refractivity contribution is 0.416. The van der Waals surface area contributed by atoms with E-state index in [1.165, 1.54) is 0 Å². The van der Waals surface area contributed by atoms with E-state index in [1.807, 2.05) is 49.3 Å². The number of pyridine rings is 1. The molecule has 0 saturated carbocycles. The second kappa shape index (κ2) is 5.85. The van der Waals surface area contributed by atoms with Gasteiger partial charge >= 0.3 is 0 Å². The van der Waals surface area contributed by atoms with Crippen LogP contribution in [0.25, 0.3) is 5.65 Å². The number of aromatic nitrogens is 3. The lowest BCUT2D eigenvalue weighted by Crippen LogP contribution is -2.13. The summed E-state index contributed by atoms with van der Waals surface area (Å²) in [4.78, 5) is 6.42. The van der Waals surface area contributed by atoms with Gasteiger partial charge in [0.05, 0.1) is 18.4 Å². The Labute approximate surface area is 133 Å². The molecule has 0 unspecified atom stereocenters. The Balaban J connectivity index is 2.09. The number of ether oxygens (including phenoxy) is 1. The lowest BCUT2D eigenvalue weighted by Gasteiger charge is -2.14. The molecule has 0 aliphatic carbocycles. The number of hydrogen-bond acceptors (Lipinski definition) is 6. The van der Waals surface area contributed by atoms with Crippen molar-refractivity contribution < 1.29 is 4.74 Å². The maximum atomic E-state index is 9.17. The van der Waals surface area contributed by atoms with Gasteiger partial charge in [-0.15, -0.1) is 5.10 Å². The van der Waals surface area contributed by atoms with Crippen LogP contribution in [-0.2, 0) is 0 Å². The van der Waals surface area contributed by atoms with E-state index in [2.05, 4.69) is 21.5 Å². The van der Waals surface area contributed by atoms with Gasteiger partial charge in [-0.25, -0.2) is 0 Å². The van der Waals surface area contributed by atoms with Gasteiger partial charge in [0, 0.05) is 14.1 Å². The van der Waals surface area contributed by atoms with Crippen molar-refractivity contribution in [2.75, 3.05) is 31.4 Å². The summed E-state index contributed by atoms with van der Waals surface area (Å²) in [6, 6.07) is 13.1. The summed E-state index contributed by atoms with van der Waals surface area (Å²) in [5.74, 6) is 1.90. The number of para-hydroxylation sites is 1.